The molecule has 0 fully saturated rings. The first-order valence-corrected chi connectivity index (χ1v) is 6.93. The van der Waals surface area contributed by atoms with E-state index in [1.807, 2.05) is 0 Å². The van der Waals surface area contributed by atoms with Gasteiger partial charge in [0.25, 0.3) is 5.95 Å². The Hall–Kier alpha value is -2.25. The van der Waals surface area contributed by atoms with Crippen LogP contribution in [-0.4, -0.2) is 38.8 Å². The summed E-state index contributed by atoms with van der Waals surface area (Å²) in [6.07, 6.45) is 3.41. The molecular weight excluding hydrogens is 274 g/mol. The number of hydrogen-bond acceptors (Lipinski definition) is 5. The van der Waals surface area contributed by atoms with E-state index < -0.39 is 5.97 Å². The number of nitrogens with zero attached hydrogens (tertiary/aromatic N) is 3. The first-order chi connectivity index (χ1) is 9.99. The van der Waals surface area contributed by atoms with Crippen LogP contribution < -0.4 is 10.6 Å². The summed E-state index contributed by atoms with van der Waals surface area (Å²) >= 11 is 0. The topological polar surface area (TPSA) is 117 Å². The number of urea groups is 1. The average molecular weight is 295 g/mol. The Morgan fingerprint density at radius 1 is 1.05 bits per heavy atom. The third-order valence-corrected chi connectivity index (χ3v) is 2.92. The molecular formula is C13H21N5O3. The summed E-state index contributed by atoms with van der Waals surface area (Å²) in [5.41, 5.74) is 1.45. The van der Waals surface area contributed by atoms with Crippen molar-refractivity contribution >= 4 is 17.9 Å². The molecule has 1 aromatic rings. The zero-order chi connectivity index (χ0) is 15.7. The van der Waals surface area contributed by atoms with Crippen LogP contribution in [0.1, 0.15) is 43.5 Å². The zero-order valence-electron chi connectivity index (χ0n) is 12.3. The Balaban J connectivity index is 2.14. The van der Waals surface area contributed by atoms with Gasteiger partial charge in [0.15, 0.2) is 0 Å². The van der Waals surface area contributed by atoms with Gasteiger partial charge >= 0.3 is 12.0 Å². The van der Waals surface area contributed by atoms with Gasteiger partial charge in [-0.3, -0.25) is 10.1 Å². The maximum atomic E-state index is 11.6. The number of carboxylic acid groups (broad SMARTS) is 1. The van der Waals surface area contributed by atoms with Crippen molar-refractivity contribution in [2.75, 3.05) is 11.9 Å². The molecule has 0 saturated carbocycles. The molecule has 0 spiro atoms. The van der Waals surface area contributed by atoms with Gasteiger partial charge < -0.3 is 10.4 Å². The van der Waals surface area contributed by atoms with Crippen LogP contribution >= 0.6 is 0 Å². The summed E-state index contributed by atoms with van der Waals surface area (Å²) in [6, 6.07) is -0.370. The van der Waals surface area contributed by atoms with Crippen LogP contribution in [0.5, 0.6) is 0 Å². The van der Waals surface area contributed by atoms with Crippen LogP contribution in [0.4, 0.5) is 10.7 Å². The maximum Gasteiger partial charge on any atom is 0.321 e. The lowest BCUT2D eigenvalue weighted by Gasteiger charge is -2.06. The Morgan fingerprint density at radius 2 is 1.76 bits per heavy atom. The second-order valence-electron chi connectivity index (χ2n) is 4.75. The van der Waals surface area contributed by atoms with Crippen molar-refractivity contribution in [3.05, 3.63) is 11.4 Å². The molecule has 1 rings (SSSR count). The van der Waals surface area contributed by atoms with E-state index >= 15 is 0 Å². The molecule has 3 N–H and O–H groups in total. The number of hydrogen-bond donors (Lipinski definition) is 3. The molecule has 1 aromatic heterocycles. The monoisotopic (exact) mass is 295 g/mol. The minimum absolute atomic E-state index is 0.178. The van der Waals surface area contributed by atoms with E-state index in [1.165, 1.54) is 0 Å². The van der Waals surface area contributed by atoms with Crippen LogP contribution in [0, 0.1) is 13.8 Å². The van der Waals surface area contributed by atoms with Gasteiger partial charge in [-0.05, 0) is 26.7 Å². The van der Waals surface area contributed by atoms with Gasteiger partial charge in [0.2, 0.25) is 0 Å². The molecule has 116 valence electrons. The molecule has 0 saturated heterocycles. The number of aliphatic carboxylic acids is 1. The molecule has 21 heavy (non-hydrogen) atoms. The van der Waals surface area contributed by atoms with Crippen LogP contribution in [0.3, 0.4) is 0 Å². The van der Waals surface area contributed by atoms with E-state index in [9.17, 15) is 9.59 Å². The molecule has 0 aliphatic carbocycles. The van der Waals surface area contributed by atoms with Crippen molar-refractivity contribution in [3.8, 4) is 0 Å². The molecule has 0 aromatic carbocycles. The van der Waals surface area contributed by atoms with Crippen molar-refractivity contribution in [2.45, 2.75) is 46.0 Å². The van der Waals surface area contributed by atoms with E-state index in [0.29, 0.717) is 13.0 Å². The van der Waals surface area contributed by atoms with Gasteiger partial charge in [0, 0.05) is 13.0 Å². The highest BCUT2D eigenvalue weighted by Crippen LogP contribution is 2.03. The van der Waals surface area contributed by atoms with Crippen molar-refractivity contribution in [1.29, 1.82) is 0 Å². The quantitative estimate of drug-likeness (QED) is 0.628. The Morgan fingerprint density at radius 3 is 2.43 bits per heavy atom. The predicted molar refractivity (Wildman–Crippen MR) is 77.0 cm³/mol. The standard InChI is InChI=1S/C13H21N5O3/c1-9-10(2)17-18-12(15-9)16-13(21)14-8-6-4-3-5-7-11(19)20/h3-8H2,1-2H3,(H,19,20)(H2,14,15,16,18,21). The highest BCUT2D eigenvalue weighted by molar-refractivity contribution is 5.87. The minimum Gasteiger partial charge on any atom is -0.481 e. The van der Waals surface area contributed by atoms with Gasteiger partial charge in [-0.1, -0.05) is 12.8 Å². The lowest BCUT2D eigenvalue weighted by atomic mass is 10.1. The van der Waals surface area contributed by atoms with Gasteiger partial charge in [0.05, 0.1) is 11.4 Å². The first kappa shape index (κ1) is 16.8. The number of anilines is 1. The number of nitrogens with one attached hydrogen (secondary N) is 2. The number of aromatic nitrogens is 3. The molecule has 0 aliphatic rings. The third kappa shape index (κ3) is 7.19. The van der Waals surface area contributed by atoms with Gasteiger partial charge in [-0.25, -0.2) is 9.78 Å². The Labute approximate surface area is 123 Å². The summed E-state index contributed by atoms with van der Waals surface area (Å²) < 4.78 is 0. The van der Waals surface area contributed by atoms with Crippen LogP contribution in [0.15, 0.2) is 0 Å². The molecule has 8 heteroatoms. The minimum atomic E-state index is -0.769. The zero-order valence-corrected chi connectivity index (χ0v) is 12.3. The van der Waals surface area contributed by atoms with Crippen molar-refractivity contribution < 1.29 is 14.7 Å². The number of aryl methyl sites for hydroxylation is 2. The van der Waals surface area contributed by atoms with E-state index in [1.54, 1.807) is 13.8 Å². The van der Waals surface area contributed by atoms with Crippen molar-refractivity contribution in [1.82, 2.24) is 20.5 Å². The average Bonchev–Trinajstić information content (AvgIpc) is 2.41. The fourth-order valence-electron chi connectivity index (χ4n) is 1.61. The van der Waals surface area contributed by atoms with Crippen LogP contribution in [0.2, 0.25) is 0 Å². The molecule has 0 radical (unpaired) electrons. The van der Waals surface area contributed by atoms with Gasteiger partial charge in [-0.15, -0.1) is 5.10 Å². The Bertz CT molecular complexity index is 493. The number of unbranched alkanes of at least 4 members (excludes halogenated alkanes) is 3. The number of carbonyl (C=O) groups is 2. The second kappa shape index (κ2) is 8.83. The molecule has 0 atom stereocenters. The Kier molecular flexibility index (Phi) is 7.06. The van der Waals surface area contributed by atoms with E-state index in [4.69, 9.17) is 5.11 Å². The fourth-order valence-corrected chi connectivity index (χ4v) is 1.61. The van der Waals surface area contributed by atoms with Crippen LogP contribution in [0.25, 0.3) is 0 Å². The third-order valence-electron chi connectivity index (χ3n) is 2.92. The van der Waals surface area contributed by atoms with Gasteiger partial charge in [0.1, 0.15) is 0 Å². The summed E-state index contributed by atoms with van der Waals surface area (Å²) in [4.78, 5) is 26.0. The molecule has 8 nitrogen and oxygen atoms in total. The molecule has 1 heterocycles. The highest BCUT2D eigenvalue weighted by Gasteiger charge is 2.05. The van der Waals surface area contributed by atoms with E-state index in [-0.39, 0.29) is 18.4 Å². The summed E-state index contributed by atoms with van der Waals surface area (Å²) in [5, 5.41) is 21.3. The SMILES string of the molecule is Cc1nnc(NC(=O)NCCCCCCC(=O)O)nc1C. The first-order valence-electron chi connectivity index (χ1n) is 6.93. The van der Waals surface area contributed by atoms with E-state index in [2.05, 4.69) is 25.8 Å². The maximum absolute atomic E-state index is 11.6. The van der Waals surface area contributed by atoms with E-state index in [0.717, 1.165) is 30.7 Å². The summed E-state index contributed by atoms with van der Waals surface area (Å²) in [6.45, 7) is 4.12. The number of rotatable bonds is 8. The second-order valence-corrected chi connectivity index (χ2v) is 4.75. The number of carboxylic acids is 1. The summed E-state index contributed by atoms with van der Waals surface area (Å²) in [7, 11) is 0. The van der Waals surface area contributed by atoms with Gasteiger partial charge in [-0.2, -0.15) is 5.10 Å². The highest BCUT2D eigenvalue weighted by atomic mass is 16.4. The molecule has 2 amide bonds. The largest absolute Gasteiger partial charge is 0.481 e. The molecule has 0 unspecified atom stereocenters. The molecule has 0 bridgehead atoms. The lowest BCUT2D eigenvalue weighted by molar-refractivity contribution is -0.137. The predicted octanol–water partition coefficient (Wildman–Crippen LogP) is 1.65. The number of carbonyl (C=O) groups excluding carboxylic acids is 1. The smallest absolute Gasteiger partial charge is 0.321 e. The van der Waals surface area contributed by atoms with Crippen LogP contribution in [-0.2, 0) is 4.79 Å². The van der Waals surface area contributed by atoms with Crippen molar-refractivity contribution in [3.63, 3.8) is 0 Å². The normalized spacial score (nSPS) is 10.2. The lowest BCUT2D eigenvalue weighted by Crippen LogP contribution is -2.30. The fraction of sp³-hybridized carbons (Fsp3) is 0.615. The van der Waals surface area contributed by atoms with Crippen molar-refractivity contribution in [2.24, 2.45) is 0 Å². The number of amides is 2. The summed E-state index contributed by atoms with van der Waals surface area (Å²) in [5.74, 6) is -0.591. The molecule has 0 aliphatic heterocycles.